The summed E-state index contributed by atoms with van der Waals surface area (Å²) in [5, 5.41) is 3.23. The van der Waals surface area contributed by atoms with E-state index in [1.54, 1.807) is 0 Å². The Balaban J connectivity index is 0.00000264. The van der Waals surface area contributed by atoms with Crippen LogP contribution in [0.2, 0.25) is 0 Å². The lowest BCUT2D eigenvalue weighted by atomic mass is 9.89. The molecule has 0 aliphatic carbocycles. The number of hydrogen-bond acceptors (Lipinski definition) is 2. The fourth-order valence-electron chi connectivity index (χ4n) is 2.69. The van der Waals surface area contributed by atoms with Crippen molar-refractivity contribution < 1.29 is 4.74 Å². The standard InChI is InChI=1S/C18H27N3O.HI/c1-13(2)11-20-18(19)21-12-16-5-4-10-22-17(16)15-8-6-14(3)7-9-15;/h6-9,16-17H,1,4-5,10-12H2,2-3H3,(H3,19,20,21);1H. The number of ether oxygens (including phenoxy) is 1. The number of rotatable bonds is 5. The molecule has 23 heavy (non-hydrogen) atoms. The third-order valence-electron chi connectivity index (χ3n) is 3.92. The minimum Gasteiger partial charge on any atom is -0.373 e. The smallest absolute Gasteiger partial charge is 0.188 e. The van der Waals surface area contributed by atoms with Gasteiger partial charge in [0.15, 0.2) is 5.96 Å². The van der Waals surface area contributed by atoms with Gasteiger partial charge in [0.2, 0.25) is 0 Å². The highest BCUT2D eigenvalue weighted by molar-refractivity contribution is 14.0. The molecule has 1 heterocycles. The second-order valence-electron chi connectivity index (χ2n) is 6.14. The van der Waals surface area contributed by atoms with Gasteiger partial charge in [-0.05, 0) is 32.3 Å². The van der Waals surface area contributed by atoms with Gasteiger partial charge in [-0.25, -0.2) is 4.99 Å². The largest absolute Gasteiger partial charge is 0.373 e. The minimum absolute atomic E-state index is 0. The summed E-state index contributed by atoms with van der Waals surface area (Å²) >= 11 is 0. The first-order chi connectivity index (χ1) is 10.6. The molecule has 2 unspecified atom stereocenters. The number of benzene rings is 1. The molecule has 1 aliphatic heterocycles. The van der Waals surface area contributed by atoms with Crippen LogP contribution in [0.4, 0.5) is 0 Å². The van der Waals surface area contributed by atoms with E-state index in [9.17, 15) is 0 Å². The van der Waals surface area contributed by atoms with E-state index in [1.807, 2.05) is 6.92 Å². The Labute approximate surface area is 156 Å². The lowest BCUT2D eigenvalue weighted by Crippen LogP contribution is -2.39. The number of nitrogens with two attached hydrogens (primary N) is 1. The lowest BCUT2D eigenvalue weighted by Gasteiger charge is -2.32. The SMILES string of the molecule is C=C(C)CN=C(N)NCC1CCCOC1c1ccc(C)cc1.I. The van der Waals surface area contributed by atoms with E-state index < -0.39 is 0 Å². The van der Waals surface area contributed by atoms with Crippen LogP contribution >= 0.6 is 24.0 Å². The quantitative estimate of drug-likeness (QED) is 0.326. The molecule has 1 aliphatic rings. The zero-order valence-electron chi connectivity index (χ0n) is 14.0. The lowest BCUT2D eigenvalue weighted by molar-refractivity contribution is -0.0265. The van der Waals surface area contributed by atoms with Crippen LogP contribution in [0.5, 0.6) is 0 Å². The van der Waals surface area contributed by atoms with Crippen LogP contribution in [0.1, 0.15) is 37.0 Å². The van der Waals surface area contributed by atoms with Gasteiger partial charge in [0.05, 0.1) is 12.6 Å². The van der Waals surface area contributed by atoms with Gasteiger partial charge in [-0.3, -0.25) is 0 Å². The van der Waals surface area contributed by atoms with E-state index >= 15 is 0 Å². The number of hydrogen-bond donors (Lipinski definition) is 2. The highest BCUT2D eigenvalue weighted by atomic mass is 127. The van der Waals surface area contributed by atoms with Crippen LogP contribution in [-0.4, -0.2) is 25.7 Å². The molecule has 0 saturated carbocycles. The molecule has 0 amide bonds. The Morgan fingerprint density at radius 1 is 1.39 bits per heavy atom. The van der Waals surface area contributed by atoms with Crippen LogP contribution in [0.25, 0.3) is 0 Å². The number of guanidine groups is 1. The van der Waals surface area contributed by atoms with Gasteiger partial charge < -0.3 is 15.8 Å². The fraction of sp³-hybridized carbons (Fsp3) is 0.500. The summed E-state index contributed by atoms with van der Waals surface area (Å²) in [5.74, 6) is 0.895. The van der Waals surface area contributed by atoms with Gasteiger partial charge in [-0.2, -0.15) is 0 Å². The molecule has 2 rings (SSSR count). The molecule has 0 aromatic heterocycles. The first-order valence-corrected chi connectivity index (χ1v) is 7.92. The molecule has 5 heteroatoms. The second-order valence-corrected chi connectivity index (χ2v) is 6.14. The summed E-state index contributed by atoms with van der Waals surface area (Å²) in [4.78, 5) is 4.26. The summed E-state index contributed by atoms with van der Waals surface area (Å²) in [7, 11) is 0. The summed E-state index contributed by atoms with van der Waals surface area (Å²) in [5.41, 5.74) is 9.42. The number of nitrogens with zero attached hydrogens (tertiary/aromatic N) is 1. The third-order valence-corrected chi connectivity index (χ3v) is 3.92. The highest BCUT2D eigenvalue weighted by Gasteiger charge is 2.27. The van der Waals surface area contributed by atoms with E-state index in [2.05, 4.69) is 48.1 Å². The van der Waals surface area contributed by atoms with Crippen molar-refractivity contribution in [1.82, 2.24) is 5.32 Å². The van der Waals surface area contributed by atoms with Gasteiger partial charge in [-0.1, -0.05) is 42.0 Å². The fourth-order valence-corrected chi connectivity index (χ4v) is 2.69. The van der Waals surface area contributed by atoms with E-state index in [-0.39, 0.29) is 30.1 Å². The maximum absolute atomic E-state index is 6.01. The molecule has 1 saturated heterocycles. The molecule has 0 radical (unpaired) electrons. The van der Waals surface area contributed by atoms with Crippen molar-refractivity contribution in [2.75, 3.05) is 19.7 Å². The summed E-state index contributed by atoms with van der Waals surface area (Å²) in [6, 6.07) is 8.61. The van der Waals surface area contributed by atoms with Crippen molar-refractivity contribution in [3.8, 4) is 0 Å². The first-order valence-electron chi connectivity index (χ1n) is 7.92. The summed E-state index contributed by atoms with van der Waals surface area (Å²) in [6.45, 7) is 10.0. The highest BCUT2D eigenvalue weighted by Crippen LogP contribution is 2.33. The van der Waals surface area contributed by atoms with Crippen LogP contribution in [0.15, 0.2) is 41.4 Å². The van der Waals surface area contributed by atoms with E-state index in [0.29, 0.717) is 18.4 Å². The Hall–Kier alpha value is -1.08. The molecular weight excluding hydrogens is 401 g/mol. The van der Waals surface area contributed by atoms with E-state index in [0.717, 1.165) is 31.6 Å². The average Bonchev–Trinajstić information content (AvgIpc) is 2.52. The molecule has 128 valence electrons. The van der Waals surface area contributed by atoms with Crippen LogP contribution in [0, 0.1) is 12.8 Å². The van der Waals surface area contributed by atoms with Gasteiger partial charge in [-0.15, -0.1) is 24.0 Å². The van der Waals surface area contributed by atoms with Crippen molar-refractivity contribution in [2.45, 2.75) is 32.8 Å². The molecule has 4 nitrogen and oxygen atoms in total. The van der Waals surface area contributed by atoms with Gasteiger partial charge in [0, 0.05) is 19.1 Å². The molecule has 1 aromatic carbocycles. The molecule has 1 aromatic rings. The number of halogens is 1. The topological polar surface area (TPSA) is 59.6 Å². The van der Waals surface area contributed by atoms with Crippen LogP contribution in [0.3, 0.4) is 0 Å². The average molecular weight is 429 g/mol. The number of nitrogens with one attached hydrogen (secondary N) is 1. The van der Waals surface area contributed by atoms with Crippen molar-refractivity contribution >= 4 is 29.9 Å². The van der Waals surface area contributed by atoms with Crippen LogP contribution in [-0.2, 0) is 4.74 Å². The Morgan fingerprint density at radius 2 is 2.09 bits per heavy atom. The maximum atomic E-state index is 6.01. The number of aryl methyl sites for hydroxylation is 1. The second kappa shape index (κ2) is 9.93. The van der Waals surface area contributed by atoms with Crippen LogP contribution < -0.4 is 11.1 Å². The monoisotopic (exact) mass is 429 g/mol. The normalized spacial score (nSPS) is 21.4. The molecule has 0 spiro atoms. The number of aliphatic imine (C=N–C) groups is 1. The van der Waals surface area contributed by atoms with Gasteiger partial charge in [0.25, 0.3) is 0 Å². The van der Waals surface area contributed by atoms with E-state index in [4.69, 9.17) is 10.5 Å². The van der Waals surface area contributed by atoms with Crippen molar-refractivity contribution in [3.05, 3.63) is 47.5 Å². The molecular formula is C18H28IN3O. The minimum atomic E-state index is 0. The summed E-state index contributed by atoms with van der Waals surface area (Å²) < 4.78 is 6.01. The molecule has 0 bridgehead atoms. The molecule has 3 N–H and O–H groups in total. The van der Waals surface area contributed by atoms with Crippen molar-refractivity contribution in [2.24, 2.45) is 16.6 Å². The van der Waals surface area contributed by atoms with Crippen molar-refractivity contribution in [1.29, 1.82) is 0 Å². The van der Waals surface area contributed by atoms with Crippen molar-refractivity contribution in [3.63, 3.8) is 0 Å². The molecule has 1 fully saturated rings. The first kappa shape index (κ1) is 20.0. The molecule has 2 atom stereocenters. The van der Waals surface area contributed by atoms with Gasteiger partial charge in [0.1, 0.15) is 0 Å². The summed E-state index contributed by atoms with van der Waals surface area (Å²) in [6.07, 6.45) is 2.37. The van der Waals surface area contributed by atoms with E-state index in [1.165, 1.54) is 11.1 Å². The Morgan fingerprint density at radius 3 is 2.74 bits per heavy atom. The predicted octanol–water partition coefficient (Wildman–Crippen LogP) is 3.56. The predicted molar refractivity (Wildman–Crippen MR) is 107 cm³/mol. The van der Waals surface area contributed by atoms with Gasteiger partial charge >= 0.3 is 0 Å². The Bertz CT molecular complexity index is 528. The Kier molecular flexibility index (Phi) is 8.62. The zero-order chi connectivity index (χ0) is 15.9. The zero-order valence-corrected chi connectivity index (χ0v) is 16.4. The maximum Gasteiger partial charge on any atom is 0.188 e. The third kappa shape index (κ3) is 6.51.